The van der Waals surface area contributed by atoms with Gasteiger partial charge in [-0.15, -0.1) is 0 Å². The van der Waals surface area contributed by atoms with Gasteiger partial charge in [-0.25, -0.2) is 4.98 Å². The highest BCUT2D eigenvalue weighted by atomic mass is 16.5. The first-order chi connectivity index (χ1) is 12.9. The Balaban J connectivity index is 1.99. The molecule has 0 saturated carbocycles. The molecule has 2 aromatic heterocycles. The van der Waals surface area contributed by atoms with E-state index in [1.165, 1.54) is 19.1 Å². The minimum Gasteiger partial charge on any atom is -0.493 e. The summed E-state index contributed by atoms with van der Waals surface area (Å²) in [7, 11) is 6.22. The smallest absolute Gasteiger partial charge is 0.274 e. The van der Waals surface area contributed by atoms with Gasteiger partial charge in [-0.05, 0) is 30.3 Å². The predicted molar refractivity (Wildman–Crippen MR) is 102 cm³/mol. The lowest BCUT2D eigenvalue weighted by Crippen LogP contribution is -2.22. The Bertz CT molecular complexity index is 1010. The fourth-order valence-corrected chi connectivity index (χ4v) is 2.68. The zero-order chi connectivity index (χ0) is 19.6. The van der Waals surface area contributed by atoms with Crippen molar-refractivity contribution in [2.24, 2.45) is 0 Å². The van der Waals surface area contributed by atoms with E-state index in [0.29, 0.717) is 28.4 Å². The molecule has 140 valence electrons. The van der Waals surface area contributed by atoms with Crippen LogP contribution in [0.5, 0.6) is 11.5 Å². The van der Waals surface area contributed by atoms with Crippen molar-refractivity contribution in [3.05, 3.63) is 47.8 Å². The van der Waals surface area contributed by atoms with Gasteiger partial charge in [0.05, 0.1) is 19.9 Å². The van der Waals surface area contributed by atoms with Gasteiger partial charge in [0.1, 0.15) is 11.3 Å². The molecule has 2 amide bonds. The number of ether oxygens (including phenoxy) is 2. The van der Waals surface area contributed by atoms with Crippen molar-refractivity contribution in [3.8, 4) is 11.5 Å². The van der Waals surface area contributed by atoms with Crippen LogP contribution in [0.3, 0.4) is 0 Å². The Morgan fingerprint density at radius 2 is 1.89 bits per heavy atom. The van der Waals surface area contributed by atoms with Gasteiger partial charge in [0.25, 0.3) is 11.8 Å². The quantitative estimate of drug-likeness (QED) is 0.721. The fourth-order valence-electron chi connectivity index (χ4n) is 2.68. The number of benzene rings is 1. The van der Waals surface area contributed by atoms with E-state index in [0.717, 1.165) is 5.39 Å². The molecule has 0 bridgehead atoms. The molecule has 0 fully saturated rings. The highest BCUT2D eigenvalue weighted by molar-refractivity contribution is 6.06. The van der Waals surface area contributed by atoms with Gasteiger partial charge in [0, 0.05) is 31.2 Å². The number of aromatic nitrogens is 2. The Kier molecular flexibility index (Phi) is 4.98. The molecule has 8 heteroatoms. The van der Waals surface area contributed by atoms with E-state index in [1.807, 2.05) is 6.07 Å². The van der Waals surface area contributed by atoms with Gasteiger partial charge in [0.15, 0.2) is 11.5 Å². The van der Waals surface area contributed by atoms with Crippen molar-refractivity contribution >= 4 is 28.5 Å². The summed E-state index contributed by atoms with van der Waals surface area (Å²) in [4.78, 5) is 33.7. The highest BCUT2D eigenvalue weighted by Gasteiger charge is 2.20. The van der Waals surface area contributed by atoms with Crippen LogP contribution in [0, 0.1) is 0 Å². The zero-order valence-corrected chi connectivity index (χ0v) is 15.5. The lowest BCUT2D eigenvalue weighted by molar-refractivity contribution is 0.0826. The number of H-pyrrole nitrogens is 1. The summed E-state index contributed by atoms with van der Waals surface area (Å²) >= 11 is 0. The Hall–Kier alpha value is -3.55. The van der Waals surface area contributed by atoms with E-state index in [-0.39, 0.29) is 11.6 Å². The average Bonchev–Trinajstić information content (AvgIpc) is 3.14. The number of hydrogen-bond acceptors (Lipinski definition) is 5. The second-order valence-electron chi connectivity index (χ2n) is 6.03. The topological polar surface area (TPSA) is 96.6 Å². The number of aromatic amines is 1. The first kappa shape index (κ1) is 18.2. The third kappa shape index (κ3) is 3.55. The van der Waals surface area contributed by atoms with Crippen LogP contribution in [0.4, 0.5) is 5.69 Å². The normalized spacial score (nSPS) is 10.5. The summed E-state index contributed by atoms with van der Waals surface area (Å²) in [5, 5.41) is 3.66. The molecule has 3 aromatic rings. The molecular formula is C19H20N4O4. The summed E-state index contributed by atoms with van der Waals surface area (Å²) in [5.74, 6) is 0.00840. The van der Waals surface area contributed by atoms with Gasteiger partial charge in [-0.2, -0.15) is 0 Å². The summed E-state index contributed by atoms with van der Waals surface area (Å²) in [6, 6.07) is 8.42. The summed E-state index contributed by atoms with van der Waals surface area (Å²) in [6.07, 6.45) is 1.75. The molecule has 0 aliphatic heterocycles. The van der Waals surface area contributed by atoms with Gasteiger partial charge < -0.3 is 24.7 Å². The molecule has 0 aliphatic rings. The molecule has 0 saturated heterocycles. The number of nitrogens with zero attached hydrogens (tertiary/aromatic N) is 2. The number of anilines is 1. The first-order valence-corrected chi connectivity index (χ1v) is 8.17. The number of fused-ring (bicyclic) bond motifs is 1. The Labute approximate surface area is 156 Å². The van der Waals surface area contributed by atoms with E-state index in [2.05, 4.69) is 15.3 Å². The van der Waals surface area contributed by atoms with E-state index in [9.17, 15) is 9.59 Å². The van der Waals surface area contributed by atoms with Crippen LogP contribution in [0.15, 0.2) is 36.5 Å². The first-order valence-electron chi connectivity index (χ1n) is 8.17. The molecule has 0 aliphatic carbocycles. The summed E-state index contributed by atoms with van der Waals surface area (Å²) in [6.45, 7) is 0. The molecular weight excluding hydrogens is 348 g/mol. The number of rotatable bonds is 5. The maximum Gasteiger partial charge on any atom is 0.274 e. The Morgan fingerprint density at radius 1 is 1.11 bits per heavy atom. The Morgan fingerprint density at radius 3 is 2.56 bits per heavy atom. The number of pyridine rings is 1. The summed E-state index contributed by atoms with van der Waals surface area (Å²) < 4.78 is 10.7. The second-order valence-corrected chi connectivity index (χ2v) is 6.03. The van der Waals surface area contributed by atoms with E-state index in [4.69, 9.17) is 9.47 Å². The number of amides is 2. The monoisotopic (exact) mass is 368 g/mol. The van der Waals surface area contributed by atoms with Crippen LogP contribution in [0.25, 0.3) is 11.0 Å². The number of carbonyl (C=O) groups is 2. The molecule has 2 heterocycles. The largest absolute Gasteiger partial charge is 0.493 e. The fraction of sp³-hybridized carbons (Fsp3) is 0.211. The third-order valence-electron chi connectivity index (χ3n) is 4.02. The van der Waals surface area contributed by atoms with Gasteiger partial charge in [0.2, 0.25) is 0 Å². The zero-order valence-electron chi connectivity index (χ0n) is 15.5. The lowest BCUT2D eigenvalue weighted by Gasteiger charge is -2.17. The van der Waals surface area contributed by atoms with Crippen LogP contribution < -0.4 is 14.8 Å². The van der Waals surface area contributed by atoms with E-state index < -0.39 is 5.91 Å². The standard InChI is InChI=1S/C19H20N4O4/c1-23(2)19(25)12-9-14(16(27-4)15(10-12)26-3)22-18(24)13-6-5-11-7-8-20-17(11)21-13/h5-10H,1-4H3,(H,20,21)(H,22,24). The number of methoxy groups -OCH3 is 2. The second kappa shape index (κ2) is 7.36. The molecule has 2 N–H and O–H groups in total. The maximum absolute atomic E-state index is 12.7. The molecule has 8 nitrogen and oxygen atoms in total. The summed E-state index contributed by atoms with van der Waals surface area (Å²) in [5.41, 5.74) is 1.53. The van der Waals surface area contributed by atoms with Crippen molar-refractivity contribution in [3.63, 3.8) is 0 Å². The molecule has 0 spiro atoms. The number of carbonyl (C=O) groups excluding carboxylic acids is 2. The minimum atomic E-state index is -0.429. The highest BCUT2D eigenvalue weighted by Crippen LogP contribution is 2.37. The van der Waals surface area contributed by atoms with Gasteiger partial charge in [-0.3, -0.25) is 9.59 Å². The van der Waals surface area contributed by atoms with Gasteiger partial charge in [-0.1, -0.05) is 0 Å². The van der Waals surface area contributed by atoms with E-state index >= 15 is 0 Å². The average molecular weight is 368 g/mol. The third-order valence-corrected chi connectivity index (χ3v) is 4.02. The predicted octanol–water partition coefficient (Wildman–Crippen LogP) is 2.53. The molecule has 0 atom stereocenters. The van der Waals surface area contributed by atoms with Crippen molar-refractivity contribution < 1.29 is 19.1 Å². The number of hydrogen-bond donors (Lipinski definition) is 2. The molecule has 27 heavy (non-hydrogen) atoms. The molecule has 0 unspecified atom stereocenters. The van der Waals surface area contributed by atoms with E-state index in [1.54, 1.807) is 44.6 Å². The van der Waals surface area contributed by atoms with Crippen LogP contribution in [-0.2, 0) is 0 Å². The SMILES string of the molecule is COc1cc(C(=O)N(C)C)cc(NC(=O)c2ccc3cc[nH]c3n2)c1OC. The van der Waals surface area contributed by atoms with Gasteiger partial charge >= 0.3 is 0 Å². The van der Waals surface area contributed by atoms with Crippen molar-refractivity contribution in [1.82, 2.24) is 14.9 Å². The van der Waals surface area contributed by atoms with Crippen molar-refractivity contribution in [1.29, 1.82) is 0 Å². The van der Waals surface area contributed by atoms with Crippen LogP contribution >= 0.6 is 0 Å². The molecule has 0 radical (unpaired) electrons. The van der Waals surface area contributed by atoms with Crippen molar-refractivity contribution in [2.45, 2.75) is 0 Å². The van der Waals surface area contributed by atoms with Crippen molar-refractivity contribution in [2.75, 3.05) is 33.6 Å². The number of nitrogens with one attached hydrogen (secondary N) is 2. The lowest BCUT2D eigenvalue weighted by atomic mass is 10.1. The molecule has 1 aromatic carbocycles. The molecule has 3 rings (SSSR count). The minimum absolute atomic E-state index is 0.225. The van der Waals surface area contributed by atoms with Crippen LogP contribution in [-0.4, -0.2) is 55.0 Å². The van der Waals surface area contributed by atoms with Crippen LogP contribution in [0.1, 0.15) is 20.8 Å². The maximum atomic E-state index is 12.7. The van der Waals surface area contributed by atoms with Crippen LogP contribution in [0.2, 0.25) is 0 Å².